The molecule has 110 valence electrons. The number of aromatic nitrogens is 3. The molecule has 2 aromatic heterocycles. The lowest BCUT2D eigenvalue weighted by Gasteiger charge is -2.10. The van der Waals surface area contributed by atoms with E-state index in [1.54, 1.807) is 26.2 Å². The number of anilines is 1. The summed E-state index contributed by atoms with van der Waals surface area (Å²) in [6.07, 6.45) is 2.97. The minimum Gasteiger partial charge on any atom is -0.464 e. The third-order valence-electron chi connectivity index (χ3n) is 2.75. The van der Waals surface area contributed by atoms with Crippen molar-refractivity contribution in [3.63, 3.8) is 0 Å². The molecule has 0 radical (unpaired) electrons. The summed E-state index contributed by atoms with van der Waals surface area (Å²) in [6.45, 7) is 0. The lowest BCUT2D eigenvalue weighted by atomic mass is 10.3. The quantitative estimate of drug-likeness (QED) is 0.817. The van der Waals surface area contributed by atoms with E-state index in [2.05, 4.69) is 14.8 Å². The highest BCUT2D eigenvalue weighted by Gasteiger charge is 2.17. The third kappa shape index (κ3) is 2.83. The molecule has 8 heteroatoms. The molecule has 2 rings (SSSR count). The Morgan fingerprint density at radius 2 is 2.10 bits per heavy atom. The van der Waals surface area contributed by atoms with Gasteiger partial charge in [0.15, 0.2) is 5.69 Å². The Morgan fingerprint density at radius 3 is 2.71 bits per heavy atom. The third-order valence-corrected chi connectivity index (χ3v) is 2.75. The highest BCUT2D eigenvalue weighted by atomic mass is 16.5. The number of amides is 1. The Labute approximate surface area is 121 Å². The number of hydrogen-bond acceptors (Lipinski definition) is 6. The van der Waals surface area contributed by atoms with Crippen molar-refractivity contribution in [2.45, 2.75) is 0 Å². The number of ether oxygens (including phenoxy) is 1. The number of hydrogen-bond donors (Lipinski definition) is 1. The van der Waals surface area contributed by atoms with Gasteiger partial charge in [-0.15, -0.1) is 0 Å². The molecule has 0 aliphatic heterocycles. The van der Waals surface area contributed by atoms with Crippen molar-refractivity contribution in [1.29, 1.82) is 0 Å². The molecule has 2 aromatic rings. The fourth-order valence-electron chi connectivity index (χ4n) is 1.68. The first kappa shape index (κ1) is 14.5. The summed E-state index contributed by atoms with van der Waals surface area (Å²) < 4.78 is 5.99. The van der Waals surface area contributed by atoms with Crippen LogP contribution in [0.25, 0.3) is 5.69 Å². The van der Waals surface area contributed by atoms with Gasteiger partial charge in [0.2, 0.25) is 0 Å². The van der Waals surface area contributed by atoms with Crippen molar-refractivity contribution in [3.05, 3.63) is 35.9 Å². The summed E-state index contributed by atoms with van der Waals surface area (Å²) in [4.78, 5) is 28.8. The molecule has 0 saturated heterocycles. The summed E-state index contributed by atoms with van der Waals surface area (Å²) in [5.74, 6) is -0.852. The van der Waals surface area contributed by atoms with Gasteiger partial charge in [-0.25, -0.2) is 9.48 Å². The molecule has 2 N–H and O–H groups in total. The van der Waals surface area contributed by atoms with Gasteiger partial charge in [-0.2, -0.15) is 5.10 Å². The highest BCUT2D eigenvalue weighted by Crippen LogP contribution is 2.15. The van der Waals surface area contributed by atoms with Crippen LogP contribution in [0.5, 0.6) is 0 Å². The zero-order valence-electron chi connectivity index (χ0n) is 11.9. The van der Waals surface area contributed by atoms with Crippen LogP contribution in [0.3, 0.4) is 0 Å². The van der Waals surface area contributed by atoms with Crippen molar-refractivity contribution in [2.75, 3.05) is 26.9 Å². The second kappa shape index (κ2) is 5.61. The Bertz CT molecular complexity index is 693. The van der Waals surface area contributed by atoms with E-state index in [4.69, 9.17) is 5.73 Å². The summed E-state index contributed by atoms with van der Waals surface area (Å²) in [7, 11) is 4.52. The summed E-state index contributed by atoms with van der Waals surface area (Å²) in [5, 5.41) is 4.06. The normalized spacial score (nSPS) is 10.2. The number of rotatable bonds is 3. The maximum absolute atomic E-state index is 11.9. The van der Waals surface area contributed by atoms with Crippen LogP contribution in [0.4, 0.5) is 5.69 Å². The molecule has 0 fully saturated rings. The molecule has 21 heavy (non-hydrogen) atoms. The van der Waals surface area contributed by atoms with Crippen molar-refractivity contribution in [2.24, 2.45) is 0 Å². The summed E-state index contributed by atoms with van der Waals surface area (Å²) >= 11 is 0. The van der Waals surface area contributed by atoms with Gasteiger partial charge < -0.3 is 15.4 Å². The average molecular weight is 289 g/mol. The molecule has 2 heterocycles. The smallest absolute Gasteiger partial charge is 0.360 e. The van der Waals surface area contributed by atoms with E-state index in [1.165, 1.54) is 29.1 Å². The first-order chi connectivity index (χ1) is 9.93. The van der Waals surface area contributed by atoms with Gasteiger partial charge in [0, 0.05) is 20.3 Å². The van der Waals surface area contributed by atoms with Gasteiger partial charge >= 0.3 is 5.97 Å². The first-order valence-corrected chi connectivity index (χ1v) is 6.05. The predicted molar refractivity (Wildman–Crippen MR) is 75.1 cm³/mol. The molecule has 0 aromatic carbocycles. The second-order valence-electron chi connectivity index (χ2n) is 4.47. The van der Waals surface area contributed by atoms with E-state index in [1.807, 2.05) is 0 Å². The van der Waals surface area contributed by atoms with Gasteiger partial charge in [-0.3, -0.25) is 9.78 Å². The highest BCUT2D eigenvalue weighted by molar-refractivity contribution is 5.93. The second-order valence-corrected chi connectivity index (χ2v) is 4.47. The van der Waals surface area contributed by atoms with Crippen LogP contribution in [0.2, 0.25) is 0 Å². The topological polar surface area (TPSA) is 103 Å². The SMILES string of the molecule is COC(=O)c1nn(-c2ccnc(C(=O)N(C)C)c2)cc1N. The lowest BCUT2D eigenvalue weighted by Crippen LogP contribution is -2.22. The molecule has 0 aliphatic rings. The molecule has 0 unspecified atom stereocenters. The standard InChI is InChI=1S/C13H15N5O3/c1-17(2)12(19)10-6-8(4-5-15-10)18-7-9(14)11(16-18)13(20)21-3/h4-7H,14H2,1-3H3. The number of carbonyl (C=O) groups is 2. The van der Waals surface area contributed by atoms with E-state index in [0.717, 1.165) is 0 Å². The molecule has 0 aliphatic carbocycles. The molecular formula is C13H15N5O3. The Balaban J connectivity index is 2.41. The minimum atomic E-state index is -0.620. The van der Waals surface area contributed by atoms with Crippen LogP contribution in [-0.4, -0.2) is 52.7 Å². The lowest BCUT2D eigenvalue weighted by molar-refractivity contribution is 0.0594. The number of pyridine rings is 1. The monoisotopic (exact) mass is 289 g/mol. The van der Waals surface area contributed by atoms with Gasteiger partial charge in [0.25, 0.3) is 5.91 Å². The minimum absolute atomic E-state index is 0.0230. The van der Waals surface area contributed by atoms with Crippen molar-refractivity contribution >= 4 is 17.6 Å². The van der Waals surface area contributed by atoms with Gasteiger partial charge in [0.1, 0.15) is 5.69 Å². The molecule has 0 saturated carbocycles. The number of methoxy groups -OCH3 is 1. The van der Waals surface area contributed by atoms with Crippen LogP contribution in [0, 0.1) is 0 Å². The Hall–Kier alpha value is -2.90. The molecule has 0 spiro atoms. The van der Waals surface area contributed by atoms with Gasteiger partial charge in [0.05, 0.1) is 24.7 Å². The van der Waals surface area contributed by atoms with E-state index < -0.39 is 5.97 Å². The summed E-state index contributed by atoms with van der Waals surface area (Å²) in [5.41, 5.74) is 6.78. The van der Waals surface area contributed by atoms with E-state index in [-0.39, 0.29) is 23.0 Å². The largest absolute Gasteiger partial charge is 0.464 e. The molecular weight excluding hydrogens is 274 g/mol. The fourth-order valence-corrected chi connectivity index (χ4v) is 1.68. The van der Waals surface area contributed by atoms with Crippen LogP contribution in [0.15, 0.2) is 24.5 Å². The van der Waals surface area contributed by atoms with Crippen LogP contribution in [-0.2, 0) is 4.74 Å². The summed E-state index contributed by atoms with van der Waals surface area (Å²) in [6, 6.07) is 3.22. The molecule has 8 nitrogen and oxygen atoms in total. The zero-order chi connectivity index (χ0) is 15.6. The molecule has 1 amide bonds. The first-order valence-electron chi connectivity index (χ1n) is 6.05. The van der Waals surface area contributed by atoms with Crippen LogP contribution < -0.4 is 5.73 Å². The van der Waals surface area contributed by atoms with E-state index >= 15 is 0 Å². The Morgan fingerprint density at radius 1 is 1.38 bits per heavy atom. The van der Waals surface area contributed by atoms with Crippen LogP contribution >= 0.6 is 0 Å². The maximum Gasteiger partial charge on any atom is 0.360 e. The number of nitrogens with zero attached hydrogens (tertiary/aromatic N) is 4. The Kier molecular flexibility index (Phi) is 3.88. The van der Waals surface area contributed by atoms with Gasteiger partial charge in [-0.05, 0) is 12.1 Å². The number of nitrogens with two attached hydrogens (primary N) is 1. The number of esters is 1. The van der Waals surface area contributed by atoms with Crippen LogP contribution in [0.1, 0.15) is 21.0 Å². The fraction of sp³-hybridized carbons (Fsp3) is 0.231. The zero-order valence-corrected chi connectivity index (χ0v) is 11.9. The molecule has 0 atom stereocenters. The van der Waals surface area contributed by atoms with Crippen molar-refractivity contribution in [1.82, 2.24) is 19.7 Å². The molecule has 0 bridgehead atoms. The predicted octanol–water partition coefficient (Wildman–Crippen LogP) is 0.338. The van der Waals surface area contributed by atoms with E-state index in [9.17, 15) is 9.59 Å². The van der Waals surface area contributed by atoms with Crippen molar-refractivity contribution < 1.29 is 14.3 Å². The van der Waals surface area contributed by atoms with E-state index in [0.29, 0.717) is 5.69 Å². The number of carbonyl (C=O) groups excluding carboxylic acids is 2. The number of nitrogen functional groups attached to an aromatic ring is 1. The average Bonchev–Trinajstić information content (AvgIpc) is 2.87. The van der Waals surface area contributed by atoms with Gasteiger partial charge in [-0.1, -0.05) is 0 Å². The van der Waals surface area contributed by atoms with Crippen molar-refractivity contribution in [3.8, 4) is 5.69 Å². The maximum atomic E-state index is 11.9.